The predicted octanol–water partition coefficient (Wildman–Crippen LogP) is 6.16. The molecule has 148 valence electrons. The van der Waals surface area contributed by atoms with Crippen molar-refractivity contribution in [2.24, 2.45) is 27.5 Å². The minimum atomic E-state index is -0.366. The van der Waals surface area contributed by atoms with E-state index in [-0.39, 0.29) is 27.1 Å². The fourth-order valence-corrected chi connectivity index (χ4v) is 6.40. The Kier molecular flexibility index (Phi) is 3.83. The third kappa shape index (κ3) is 2.21. The molecule has 5 nitrogen and oxygen atoms in total. The van der Waals surface area contributed by atoms with Crippen molar-refractivity contribution in [3.63, 3.8) is 0 Å². The van der Waals surface area contributed by atoms with Gasteiger partial charge in [0.05, 0.1) is 4.92 Å². The molecule has 0 saturated heterocycles. The molecule has 1 heterocycles. The van der Waals surface area contributed by atoms with Crippen molar-refractivity contribution < 1.29 is 4.92 Å². The van der Waals surface area contributed by atoms with Crippen LogP contribution in [0.2, 0.25) is 0 Å². The highest BCUT2D eigenvalue weighted by atomic mass is 16.6. The first kappa shape index (κ1) is 18.2. The van der Waals surface area contributed by atoms with E-state index in [1.54, 1.807) is 24.3 Å². The molecule has 0 aromatic heterocycles. The van der Waals surface area contributed by atoms with E-state index < -0.39 is 0 Å². The zero-order valence-corrected chi connectivity index (χ0v) is 16.8. The first-order valence-corrected chi connectivity index (χ1v) is 10.4. The van der Waals surface area contributed by atoms with Gasteiger partial charge < -0.3 is 0 Å². The van der Waals surface area contributed by atoms with Crippen LogP contribution in [0.15, 0.2) is 70.9 Å². The Morgan fingerprint density at radius 3 is 2.38 bits per heavy atom. The van der Waals surface area contributed by atoms with E-state index in [2.05, 4.69) is 56.3 Å². The number of nitrogens with zero attached hydrogens (tertiary/aromatic N) is 3. The molecule has 0 unspecified atom stereocenters. The Morgan fingerprint density at radius 2 is 1.69 bits per heavy atom. The summed E-state index contributed by atoms with van der Waals surface area (Å²) >= 11 is 0. The van der Waals surface area contributed by atoms with Crippen LogP contribution in [-0.2, 0) is 5.54 Å². The van der Waals surface area contributed by atoms with Gasteiger partial charge in [0.1, 0.15) is 11.1 Å². The normalized spacial score (nSPS) is 34.0. The smallest absolute Gasteiger partial charge is 0.258 e. The van der Waals surface area contributed by atoms with Crippen molar-refractivity contribution in [1.82, 2.24) is 0 Å². The van der Waals surface area contributed by atoms with Gasteiger partial charge in [-0.05, 0) is 47.9 Å². The van der Waals surface area contributed by atoms with Gasteiger partial charge in [0.15, 0.2) is 0 Å². The monoisotopic (exact) mass is 387 g/mol. The largest absolute Gasteiger partial charge is 0.269 e. The van der Waals surface area contributed by atoms with E-state index in [9.17, 15) is 10.1 Å². The molecule has 2 aromatic rings. The number of hydrogen-bond donors (Lipinski definition) is 0. The molecule has 3 aliphatic rings. The SMILES string of the molecule is CC1(C)[C@]2(/C=C/c3ccc([N+](=O)[O-])cc3)N=N[C@@]1(c1ccccc1)[C@H]1CCC[C@H]12. The van der Waals surface area contributed by atoms with Gasteiger partial charge in [-0.3, -0.25) is 10.1 Å². The number of nitro groups is 1. The minimum absolute atomic E-state index is 0.112. The Hall–Kier alpha value is -2.82. The van der Waals surface area contributed by atoms with E-state index in [1.807, 2.05) is 0 Å². The Morgan fingerprint density at radius 1 is 1.00 bits per heavy atom. The van der Waals surface area contributed by atoms with Gasteiger partial charge in [0, 0.05) is 17.5 Å². The summed E-state index contributed by atoms with van der Waals surface area (Å²) in [4.78, 5) is 10.6. The first-order chi connectivity index (χ1) is 13.9. The summed E-state index contributed by atoms with van der Waals surface area (Å²) in [7, 11) is 0. The molecule has 4 atom stereocenters. The fourth-order valence-electron chi connectivity index (χ4n) is 6.40. The van der Waals surface area contributed by atoms with E-state index in [0.717, 1.165) is 5.56 Å². The van der Waals surface area contributed by atoms with Gasteiger partial charge in [-0.2, -0.15) is 10.2 Å². The molecule has 0 radical (unpaired) electrons. The number of azo groups is 1. The number of nitro benzene ring substituents is 1. The topological polar surface area (TPSA) is 67.9 Å². The average molecular weight is 387 g/mol. The minimum Gasteiger partial charge on any atom is -0.258 e. The van der Waals surface area contributed by atoms with Crippen LogP contribution in [0.25, 0.3) is 6.08 Å². The summed E-state index contributed by atoms with van der Waals surface area (Å²) in [6.45, 7) is 4.64. The van der Waals surface area contributed by atoms with Crippen LogP contribution in [0.3, 0.4) is 0 Å². The van der Waals surface area contributed by atoms with Gasteiger partial charge in [-0.25, -0.2) is 0 Å². The summed E-state index contributed by atoms with van der Waals surface area (Å²) in [5, 5.41) is 20.9. The lowest BCUT2D eigenvalue weighted by atomic mass is 9.63. The maximum atomic E-state index is 10.9. The number of hydrogen-bond acceptors (Lipinski definition) is 4. The van der Waals surface area contributed by atoms with Gasteiger partial charge >= 0.3 is 0 Å². The molecule has 2 aliphatic carbocycles. The summed E-state index contributed by atoms with van der Waals surface area (Å²) in [6.07, 6.45) is 7.89. The lowest BCUT2D eigenvalue weighted by Gasteiger charge is -2.40. The van der Waals surface area contributed by atoms with Crippen molar-refractivity contribution in [3.8, 4) is 0 Å². The predicted molar refractivity (Wildman–Crippen MR) is 112 cm³/mol. The van der Waals surface area contributed by atoms with E-state index >= 15 is 0 Å². The quantitative estimate of drug-likeness (QED) is 0.465. The molecule has 2 saturated carbocycles. The summed E-state index contributed by atoms with van der Waals surface area (Å²) in [5.74, 6) is 0.975. The maximum Gasteiger partial charge on any atom is 0.269 e. The Balaban J connectivity index is 1.58. The zero-order valence-electron chi connectivity index (χ0n) is 16.8. The van der Waals surface area contributed by atoms with Crippen LogP contribution >= 0.6 is 0 Å². The standard InChI is InChI=1S/C24H25N3O2/c1-22(2)23(16-15-17-11-13-19(14-12-17)27(28)29)20-9-6-10-21(20)24(22,26-25-23)18-7-4-3-5-8-18/h3-5,7-8,11-16,20-21H,6,9-10H2,1-2H3/b16-15+/t20-,21+,23-,24+/m1/s1. The summed E-state index contributed by atoms with van der Waals surface area (Å²) in [5.41, 5.74) is 1.57. The molecule has 29 heavy (non-hydrogen) atoms. The first-order valence-electron chi connectivity index (χ1n) is 10.4. The third-order valence-electron chi connectivity index (χ3n) is 7.79. The van der Waals surface area contributed by atoms with Crippen molar-refractivity contribution in [1.29, 1.82) is 0 Å². The molecule has 5 rings (SSSR count). The lowest BCUT2D eigenvalue weighted by Crippen LogP contribution is -2.45. The molecular weight excluding hydrogens is 362 g/mol. The van der Waals surface area contributed by atoms with Gasteiger partial charge in [-0.1, -0.05) is 62.8 Å². The van der Waals surface area contributed by atoms with Crippen molar-refractivity contribution in [2.75, 3.05) is 0 Å². The highest BCUT2D eigenvalue weighted by Crippen LogP contribution is 2.74. The second kappa shape index (κ2) is 6.09. The second-order valence-electron chi connectivity index (χ2n) is 9.11. The van der Waals surface area contributed by atoms with Crippen LogP contribution in [0.4, 0.5) is 5.69 Å². The fraction of sp³-hybridized carbons (Fsp3) is 0.417. The number of non-ortho nitro benzene ring substituents is 1. The summed E-state index contributed by atoms with van der Waals surface area (Å²) in [6, 6.07) is 17.4. The van der Waals surface area contributed by atoms with Crippen LogP contribution in [0.1, 0.15) is 44.2 Å². The van der Waals surface area contributed by atoms with Crippen LogP contribution in [0, 0.1) is 27.4 Å². The molecular formula is C24H25N3O2. The average Bonchev–Trinajstić information content (AvgIpc) is 3.34. The highest BCUT2D eigenvalue weighted by Gasteiger charge is 2.76. The number of benzene rings is 2. The second-order valence-corrected chi connectivity index (χ2v) is 9.11. The van der Waals surface area contributed by atoms with E-state index in [4.69, 9.17) is 10.2 Å². The third-order valence-corrected chi connectivity index (χ3v) is 7.79. The van der Waals surface area contributed by atoms with Crippen LogP contribution < -0.4 is 0 Å². The Labute approximate surface area is 170 Å². The van der Waals surface area contributed by atoms with Gasteiger partial charge in [-0.15, -0.1) is 0 Å². The van der Waals surface area contributed by atoms with Crippen LogP contribution in [-0.4, -0.2) is 10.5 Å². The number of fused-ring (bicyclic) bond motifs is 5. The zero-order chi connectivity index (χ0) is 20.3. The van der Waals surface area contributed by atoms with E-state index in [0.29, 0.717) is 11.8 Å². The lowest BCUT2D eigenvalue weighted by molar-refractivity contribution is -0.384. The van der Waals surface area contributed by atoms with Crippen LogP contribution in [0.5, 0.6) is 0 Å². The summed E-state index contributed by atoms with van der Waals surface area (Å²) < 4.78 is 0. The molecule has 2 fully saturated rings. The molecule has 2 aromatic carbocycles. The van der Waals surface area contributed by atoms with Crippen molar-refractivity contribution in [2.45, 2.75) is 44.2 Å². The molecule has 0 spiro atoms. The molecule has 1 aliphatic heterocycles. The Bertz CT molecular complexity index is 1010. The maximum absolute atomic E-state index is 10.9. The van der Waals surface area contributed by atoms with E-state index in [1.165, 1.54) is 24.8 Å². The van der Waals surface area contributed by atoms with Gasteiger partial charge in [0.2, 0.25) is 0 Å². The highest BCUT2D eigenvalue weighted by molar-refractivity contribution is 5.56. The molecule has 2 bridgehead atoms. The van der Waals surface area contributed by atoms with Crippen molar-refractivity contribution >= 4 is 11.8 Å². The van der Waals surface area contributed by atoms with Gasteiger partial charge in [0.25, 0.3) is 5.69 Å². The van der Waals surface area contributed by atoms with Crippen molar-refractivity contribution in [3.05, 3.63) is 81.9 Å². The molecule has 0 N–H and O–H groups in total. The number of rotatable bonds is 4. The molecule has 5 heteroatoms. The molecule has 0 amide bonds.